The summed E-state index contributed by atoms with van der Waals surface area (Å²) in [6, 6.07) is 15.6. The lowest BCUT2D eigenvalue weighted by molar-refractivity contribution is 0.0949. The zero-order valence-electron chi connectivity index (χ0n) is 17.2. The van der Waals surface area contributed by atoms with Crippen LogP contribution in [0.4, 0.5) is 11.6 Å². The number of hydrogen-bond donors (Lipinski definition) is 2. The van der Waals surface area contributed by atoms with Gasteiger partial charge in [-0.1, -0.05) is 24.3 Å². The Labute approximate surface area is 171 Å². The molecule has 2 N–H and O–H groups in total. The third-order valence-electron chi connectivity index (χ3n) is 4.58. The molecule has 0 spiro atoms. The van der Waals surface area contributed by atoms with Gasteiger partial charge in [0, 0.05) is 17.9 Å². The standard InChI is InChI=1S/C23H26N4O2/c1-15-5-6-16(2)20(13-15)26-23-25-17(3)14-21(27-23)22(28)24-12-11-18-7-9-19(29-4)10-8-18/h5-10,13-14H,11-12H2,1-4H3,(H,24,28)(H,25,26,27). The second-order valence-corrected chi connectivity index (χ2v) is 7.02. The average molecular weight is 390 g/mol. The highest BCUT2D eigenvalue weighted by Gasteiger charge is 2.11. The van der Waals surface area contributed by atoms with Crippen molar-refractivity contribution in [3.8, 4) is 5.75 Å². The minimum atomic E-state index is -0.215. The highest BCUT2D eigenvalue weighted by Crippen LogP contribution is 2.20. The van der Waals surface area contributed by atoms with Crippen molar-refractivity contribution < 1.29 is 9.53 Å². The summed E-state index contributed by atoms with van der Waals surface area (Å²) in [6.45, 7) is 6.42. The fourth-order valence-corrected chi connectivity index (χ4v) is 2.93. The van der Waals surface area contributed by atoms with Gasteiger partial charge in [-0.15, -0.1) is 0 Å². The minimum Gasteiger partial charge on any atom is -0.497 e. The maximum absolute atomic E-state index is 12.6. The van der Waals surface area contributed by atoms with Crippen molar-refractivity contribution in [3.05, 3.63) is 76.6 Å². The van der Waals surface area contributed by atoms with Crippen molar-refractivity contribution in [1.82, 2.24) is 15.3 Å². The number of carbonyl (C=O) groups excluding carboxylic acids is 1. The molecule has 0 unspecified atom stereocenters. The zero-order valence-corrected chi connectivity index (χ0v) is 17.2. The molecule has 0 aliphatic carbocycles. The van der Waals surface area contributed by atoms with Crippen molar-refractivity contribution in [2.45, 2.75) is 27.2 Å². The largest absolute Gasteiger partial charge is 0.497 e. The molecule has 0 atom stereocenters. The fourth-order valence-electron chi connectivity index (χ4n) is 2.93. The Bertz CT molecular complexity index is 1000. The quantitative estimate of drug-likeness (QED) is 0.634. The molecule has 0 aliphatic rings. The summed E-state index contributed by atoms with van der Waals surface area (Å²) in [6.07, 6.45) is 0.730. The SMILES string of the molecule is COc1ccc(CCNC(=O)c2cc(C)nc(Nc3cc(C)ccc3C)n2)cc1. The Morgan fingerprint density at radius 1 is 1.00 bits per heavy atom. The lowest BCUT2D eigenvalue weighted by atomic mass is 10.1. The summed E-state index contributed by atoms with van der Waals surface area (Å²) in [5.41, 5.74) is 5.37. The van der Waals surface area contributed by atoms with Crippen LogP contribution < -0.4 is 15.4 Å². The predicted molar refractivity (Wildman–Crippen MR) is 115 cm³/mol. The van der Waals surface area contributed by atoms with E-state index in [9.17, 15) is 4.79 Å². The van der Waals surface area contributed by atoms with Gasteiger partial charge in [0.2, 0.25) is 5.95 Å². The van der Waals surface area contributed by atoms with Crippen molar-refractivity contribution in [2.75, 3.05) is 19.0 Å². The van der Waals surface area contributed by atoms with E-state index in [1.165, 1.54) is 0 Å². The number of nitrogens with one attached hydrogen (secondary N) is 2. The van der Waals surface area contributed by atoms with Gasteiger partial charge >= 0.3 is 0 Å². The Morgan fingerprint density at radius 2 is 1.76 bits per heavy atom. The van der Waals surface area contributed by atoms with Gasteiger partial charge in [0.05, 0.1) is 7.11 Å². The highest BCUT2D eigenvalue weighted by atomic mass is 16.5. The summed E-state index contributed by atoms with van der Waals surface area (Å²) in [5, 5.41) is 6.15. The van der Waals surface area contributed by atoms with E-state index < -0.39 is 0 Å². The highest BCUT2D eigenvalue weighted by molar-refractivity contribution is 5.92. The monoisotopic (exact) mass is 390 g/mol. The molecule has 150 valence electrons. The molecule has 29 heavy (non-hydrogen) atoms. The number of benzene rings is 2. The normalized spacial score (nSPS) is 10.5. The summed E-state index contributed by atoms with van der Waals surface area (Å²) < 4.78 is 5.16. The molecule has 0 bridgehead atoms. The van der Waals surface area contributed by atoms with Crippen LogP contribution in [0.3, 0.4) is 0 Å². The molecule has 2 aromatic carbocycles. The number of carbonyl (C=O) groups is 1. The van der Waals surface area contributed by atoms with E-state index in [1.54, 1.807) is 13.2 Å². The van der Waals surface area contributed by atoms with Crippen LogP contribution in [0.15, 0.2) is 48.5 Å². The van der Waals surface area contributed by atoms with Crippen LogP contribution in [0.25, 0.3) is 0 Å². The zero-order chi connectivity index (χ0) is 20.8. The number of aryl methyl sites for hydroxylation is 3. The Kier molecular flexibility index (Phi) is 6.44. The molecule has 1 heterocycles. The summed E-state index contributed by atoms with van der Waals surface area (Å²) >= 11 is 0. The van der Waals surface area contributed by atoms with Gasteiger partial charge in [-0.2, -0.15) is 0 Å². The minimum absolute atomic E-state index is 0.215. The second-order valence-electron chi connectivity index (χ2n) is 7.02. The van der Waals surface area contributed by atoms with Gasteiger partial charge in [-0.05, 0) is 68.1 Å². The molecular weight excluding hydrogens is 364 g/mol. The van der Waals surface area contributed by atoms with Gasteiger partial charge in [-0.3, -0.25) is 4.79 Å². The van der Waals surface area contributed by atoms with Crippen LogP contribution in [0.5, 0.6) is 5.75 Å². The van der Waals surface area contributed by atoms with E-state index in [-0.39, 0.29) is 5.91 Å². The molecule has 1 amide bonds. The summed E-state index contributed by atoms with van der Waals surface area (Å²) in [5.74, 6) is 1.02. The number of methoxy groups -OCH3 is 1. The van der Waals surface area contributed by atoms with E-state index >= 15 is 0 Å². The first-order valence-corrected chi connectivity index (χ1v) is 9.55. The third kappa shape index (κ3) is 5.54. The van der Waals surface area contributed by atoms with Gasteiger partial charge < -0.3 is 15.4 Å². The van der Waals surface area contributed by atoms with E-state index in [0.717, 1.165) is 40.2 Å². The van der Waals surface area contributed by atoms with Crippen LogP contribution in [-0.4, -0.2) is 29.5 Å². The van der Waals surface area contributed by atoms with Crippen LogP contribution in [0.1, 0.15) is 32.9 Å². The smallest absolute Gasteiger partial charge is 0.270 e. The molecule has 0 fully saturated rings. The first-order valence-electron chi connectivity index (χ1n) is 9.55. The lowest BCUT2D eigenvalue weighted by Crippen LogP contribution is -2.27. The van der Waals surface area contributed by atoms with Crippen molar-refractivity contribution in [1.29, 1.82) is 0 Å². The molecule has 3 aromatic rings. The molecular formula is C23H26N4O2. The van der Waals surface area contributed by atoms with Crippen molar-refractivity contribution >= 4 is 17.5 Å². The molecule has 6 nitrogen and oxygen atoms in total. The van der Waals surface area contributed by atoms with E-state index in [0.29, 0.717) is 18.2 Å². The van der Waals surface area contributed by atoms with Crippen molar-refractivity contribution in [3.63, 3.8) is 0 Å². The maximum Gasteiger partial charge on any atom is 0.270 e. The van der Waals surface area contributed by atoms with Crippen LogP contribution in [-0.2, 0) is 6.42 Å². The van der Waals surface area contributed by atoms with Gasteiger partial charge in [0.1, 0.15) is 11.4 Å². The first kappa shape index (κ1) is 20.3. The second kappa shape index (κ2) is 9.19. The van der Waals surface area contributed by atoms with Gasteiger partial charge in [0.25, 0.3) is 5.91 Å². The Balaban J connectivity index is 1.65. The van der Waals surface area contributed by atoms with Crippen LogP contribution in [0, 0.1) is 20.8 Å². The predicted octanol–water partition coefficient (Wildman–Crippen LogP) is 4.13. The molecule has 0 aliphatic heterocycles. The maximum atomic E-state index is 12.6. The van der Waals surface area contributed by atoms with E-state index in [4.69, 9.17) is 4.74 Å². The number of anilines is 2. The number of nitrogens with zero attached hydrogens (tertiary/aromatic N) is 2. The van der Waals surface area contributed by atoms with Crippen LogP contribution >= 0.6 is 0 Å². The molecule has 0 saturated carbocycles. The third-order valence-corrected chi connectivity index (χ3v) is 4.58. The van der Waals surface area contributed by atoms with Crippen molar-refractivity contribution in [2.24, 2.45) is 0 Å². The Morgan fingerprint density at radius 3 is 2.48 bits per heavy atom. The van der Waals surface area contributed by atoms with Gasteiger partial charge in [0.15, 0.2) is 0 Å². The number of aromatic nitrogens is 2. The topological polar surface area (TPSA) is 76.1 Å². The number of amides is 1. The summed E-state index contributed by atoms with van der Waals surface area (Å²) in [4.78, 5) is 21.4. The molecule has 3 rings (SSSR count). The Hall–Kier alpha value is -3.41. The number of hydrogen-bond acceptors (Lipinski definition) is 5. The average Bonchev–Trinajstić information content (AvgIpc) is 2.71. The lowest BCUT2D eigenvalue weighted by Gasteiger charge is -2.11. The van der Waals surface area contributed by atoms with Crippen LogP contribution in [0.2, 0.25) is 0 Å². The number of ether oxygens (including phenoxy) is 1. The number of rotatable bonds is 7. The molecule has 0 radical (unpaired) electrons. The first-order chi connectivity index (χ1) is 13.9. The fraction of sp³-hybridized carbons (Fsp3) is 0.261. The van der Waals surface area contributed by atoms with E-state index in [2.05, 4.69) is 26.7 Å². The molecule has 1 aromatic heterocycles. The van der Waals surface area contributed by atoms with Gasteiger partial charge in [-0.25, -0.2) is 9.97 Å². The molecule has 0 saturated heterocycles. The summed E-state index contributed by atoms with van der Waals surface area (Å²) in [7, 11) is 1.64. The van der Waals surface area contributed by atoms with E-state index in [1.807, 2.05) is 57.2 Å². The molecule has 6 heteroatoms.